The SMILES string of the molecule is C=C(C)C(C(=O)O)C(O)c1ccccc1. The fraction of sp³-hybridized carbons (Fsp3) is 0.250. The summed E-state index contributed by atoms with van der Waals surface area (Å²) in [6.07, 6.45) is -1.04. The maximum Gasteiger partial charge on any atom is 0.313 e. The van der Waals surface area contributed by atoms with Crippen LogP contribution in [0.2, 0.25) is 0 Å². The summed E-state index contributed by atoms with van der Waals surface area (Å²) in [5.41, 5.74) is 1.03. The number of carbonyl (C=O) groups is 1. The molecule has 1 aromatic carbocycles. The van der Waals surface area contributed by atoms with Gasteiger partial charge in [-0.1, -0.05) is 42.5 Å². The lowest BCUT2D eigenvalue weighted by molar-refractivity contribution is -0.143. The van der Waals surface area contributed by atoms with Crippen molar-refractivity contribution >= 4 is 5.97 Å². The Morgan fingerprint density at radius 1 is 1.33 bits per heavy atom. The molecule has 2 atom stereocenters. The third kappa shape index (κ3) is 2.67. The maximum atomic E-state index is 10.9. The molecule has 0 saturated carbocycles. The van der Waals surface area contributed by atoms with Gasteiger partial charge in [0.05, 0.1) is 6.10 Å². The van der Waals surface area contributed by atoms with Gasteiger partial charge in [0.15, 0.2) is 0 Å². The van der Waals surface area contributed by atoms with Gasteiger partial charge in [-0.15, -0.1) is 0 Å². The molecule has 0 aliphatic heterocycles. The fourth-order valence-electron chi connectivity index (χ4n) is 1.46. The van der Waals surface area contributed by atoms with E-state index in [9.17, 15) is 9.90 Å². The van der Waals surface area contributed by atoms with Crippen LogP contribution in [0.1, 0.15) is 18.6 Å². The summed E-state index contributed by atoms with van der Waals surface area (Å²) in [6.45, 7) is 5.18. The van der Waals surface area contributed by atoms with Crippen LogP contribution in [0.5, 0.6) is 0 Å². The molecule has 0 fully saturated rings. The van der Waals surface area contributed by atoms with Crippen molar-refractivity contribution in [2.75, 3.05) is 0 Å². The average molecular weight is 206 g/mol. The zero-order valence-electron chi connectivity index (χ0n) is 8.55. The van der Waals surface area contributed by atoms with E-state index in [1.54, 1.807) is 31.2 Å². The fourth-order valence-corrected chi connectivity index (χ4v) is 1.46. The Hall–Kier alpha value is -1.61. The van der Waals surface area contributed by atoms with Gasteiger partial charge in [-0.3, -0.25) is 4.79 Å². The number of rotatable bonds is 4. The molecule has 3 nitrogen and oxygen atoms in total. The van der Waals surface area contributed by atoms with Crippen LogP contribution >= 0.6 is 0 Å². The second-order valence-corrected chi connectivity index (χ2v) is 3.52. The van der Waals surface area contributed by atoms with Crippen LogP contribution in [0.15, 0.2) is 42.5 Å². The summed E-state index contributed by atoms with van der Waals surface area (Å²) in [5.74, 6) is -2.01. The number of hydrogen-bond acceptors (Lipinski definition) is 2. The zero-order valence-corrected chi connectivity index (χ0v) is 8.55. The van der Waals surface area contributed by atoms with E-state index in [2.05, 4.69) is 6.58 Å². The van der Waals surface area contributed by atoms with E-state index in [0.717, 1.165) is 0 Å². The molecule has 0 spiro atoms. The molecule has 2 unspecified atom stereocenters. The summed E-state index contributed by atoms with van der Waals surface area (Å²) >= 11 is 0. The minimum Gasteiger partial charge on any atom is -0.481 e. The average Bonchev–Trinajstić information content (AvgIpc) is 2.18. The van der Waals surface area contributed by atoms with E-state index in [4.69, 9.17) is 5.11 Å². The van der Waals surface area contributed by atoms with Gasteiger partial charge in [-0.2, -0.15) is 0 Å². The van der Waals surface area contributed by atoms with Crippen LogP contribution in [0.4, 0.5) is 0 Å². The van der Waals surface area contributed by atoms with Crippen molar-refractivity contribution in [2.24, 2.45) is 5.92 Å². The molecule has 80 valence electrons. The molecular weight excluding hydrogens is 192 g/mol. The Morgan fingerprint density at radius 2 is 1.87 bits per heavy atom. The summed E-state index contributed by atoms with van der Waals surface area (Å²) in [4.78, 5) is 10.9. The number of carboxylic acid groups (broad SMARTS) is 1. The van der Waals surface area contributed by atoms with Gasteiger partial charge in [-0.05, 0) is 12.5 Å². The first-order chi connectivity index (χ1) is 7.04. The van der Waals surface area contributed by atoms with Crippen LogP contribution in [0.25, 0.3) is 0 Å². The molecule has 0 radical (unpaired) electrons. The van der Waals surface area contributed by atoms with Gasteiger partial charge in [0.25, 0.3) is 0 Å². The lowest BCUT2D eigenvalue weighted by atomic mass is 9.91. The van der Waals surface area contributed by atoms with Gasteiger partial charge in [0.2, 0.25) is 0 Å². The molecule has 2 N–H and O–H groups in total. The molecule has 0 aliphatic rings. The highest BCUT2D eigenvalue weighted by molar-refractivity contribution is 5.74. The van der Waals surface area contributed by atoms with E-state index < -0.39 is 18.0 Å². The quantitative estimate of drug-likeness (QED) is 0.741. The molecule has 0 heterocycles. The van der Waals surface area contributed by atoms with Crippen molar-refractivity contribution in [3.63, 3.8) is 0 Å². The number of aliphatic hydroxyl groups excluding tert-OH is 1. The zero-order chi connectivity index (χ0) is 11.4. The molecule has 1 aromatic rings. The van der Waals surface area contributed by atoms with E-state index in [-0.39, 0.29) is 0 Å². The first-order valence-electron chi connectivity index (χ1n) is 4.65. The monoisotopic (exact) mass is 206 g/mol. The second-order valence-electron chi connectivity index (χ2n) is 3.52. The lowest BCUT2D eigenvalue weighted by Crippen LogP contribution is -2.22. The molecule has 15 heavy (non-hydrogen) atoms. The maximum absolute atomic E-state index is 10.9. The van der Waals surface area contributed by atoms with E-state index >= 15 is 0 Å². The molecule has 0 bridgehead atoms. The van der Waals surface area contributed by atoms with Crippen molar-refractivity contribution in [1.82, 2.24) is 0 Å². The second kappa shape index (κ2) is 4.75. The summed E-state index contributed by atoms with van der Waals surface area (Å²) in [6, 6.07) is 8.73. The largest absolute Gasteiger partial charge is 0.481 e. The van der Waals surface area contributed by atoms with Crippen molar-refractivity contribution in [1.29, 1.82) is 0 Å². The van der Waals surface area contributed by atoms with E-state index in [1.807, 2.05) is 6.07 Å². The molecule has 0 aromatic heterocycles. The minimum absolute atomic E-state index is 0.443. The molecule has 0 aliphatic carbocycles. The van der Waals surface area contributed by atoms with Gasteiger partial charge < -0.3 is 10.2 Å². The highest BCUT2D eigenvalue weighted by atomic mass is 16.4. The summed E-state index contributed by atoms with van der Waals surface area (Å²) < 4.78 is 0. The van der Waals surface area contributed by atoms with E-state index in [1.165, 1.54) is 0 Å². The van der Waals surface area contributed by atoms with Gasteiger partial charge in [0, 0.05) is 0 Å². The summed E-state index contributed by atoms with van der Waals surface area (Å²) in [5, 5.41) is 18.8. The van der Waals surface area contributed by atoms with Crippen molar-refractivity contribution in [3.8, 4) is 0 Å². The number of aliphatic carboxylic acids is 1. The standard InChI is InChI=1S/C12H14O3/c1-8(2)10(12(14)15)11(13)9-6-4-3-5-7-9/h3-7,10-11,13H,1H2,2H3,(H,14,15). The van der Waals surface area contributed by atoms with Crippen LogP contribution in [-0.2, 0) is 4.79 Å². The van der Waals surface area contributed by atoms with E-state index in [0.29, 0.717) is 11.1 Å². The Kier molecular flexibility index (Phi) is 3.63. The van der Waals surface area contributed by atoms with Gasteiger partial charge >= 0.3 is 5.97 Å². The Balaban J connectivity index is 2.96. The number of benzene rings is 1. The Labute approximate surface area is 88.7 Å². The Morgan fingerprint density at radius 3 is 2.27 bits per heavy atom. The normalized spacial score (nSPS) is 14.3. The van der Waals surface area contributed by atoms with Crippen molar-refractivity contribution in [3.05, 3.63) is 48.0 Å². The summed E-state index contributed by atoms with van der Waals surface area (Å²) in [7, 11) is 0. The topological polar surface area (TPSA) is 57.5 Å². The number of carboxylic acids is 1. The van der Waals surface area contributed by atoms with Crippen molar-refractivity contribution in [2.45, 2.75) is 13.0 Å². The first kappa shape index (κ1) is 11.5. The predicted molar refractivity (Wildman–Crippen MR) is 57.3 cm³/mol. The van der Waals surface area contributed by atoms with Crippen LogP contribution in [-0.4, -0.2) is 16.2 Å². The van der Waals surface area contributed by atoms with Crippen LogP contribution < -0.4 is 0 Å². The molecule has 0 saturated heterocycles. The van der Waals surface area contributed by atoms with Crippen LogP contribution in [0, 0.1) is 5.92 Å². The number of hydrogen-bond donors (Lipinski definition) is 2. The highest BCUT2D eigenvalue weighted by Crippen LogP contribution is 2.26. The minimum atomic E-state index is -1.06. The predicted octanol–water partition coefficient (Wildman–Crippen LogP) is 2.00. The lowest BCUT2D eigenvalue weighted by Gasteiger charge is -2.19. The first-order valence-corrected chi connectivity index (χ1v) is 4.65. The van der Waals surface area contributed by atoms with Gasteiger partial charge in [0.1, 0.15) is 5.92 Å². The molecule has 1 rings (SSSR count). The highest BCUT2D eigenvalue weighted by Gasteiger charge is 2.28. The third-order valence-corrected chi connectivity index (χ3v) is 2.25. The van der Waals surface area contributed by atoms with Crippen LogP contribution in [0.3, 0.4) is 0 Å². The molecule has 3 heteroatoms. The smallest absolute Gasteiger partial charge is 0.313 e. The Bertz CT molecular complexity index is 342. The third-order valence-electron chi connectivity index (χ3n) is 2.25. The number of aliphatic hydroxyl groups is 1. The molecular formula is C12H14O3. The van der Waals surface area contributed by atoms with Crippen molar-refractivity contribution < 1.29 is 15.0 Å². The van der Waals surface area contributed by atoms with Gasteiger partial charge in [-0.25, -0.2) is 0 Å². The molecule has 0 amide bonds.